The molecule has 0 unspecified atom stereocenters. The maximum Gasteiger partial charge on any atom is 0.245 e. The number of aliphatic hydroxyl groups excluding tert-OH is 1. The standard InChI is InChI=1S/C22H30N2O7S2/c1-22(2)21(25)20(23-12-11-15-9-7-6-8-10-15)16-13-19(30-3)17(14-18(16)31-22)24(32(4,26)27)33(5,28)29/h6-10,13-14,20-21,23,25H,11-12H2,1-5H3/t20-,21+/m0/s1. The van der Waals surface area contributed by atoms with E-state index in [2.05, 4.69) is 5.32 Å². The second-order valence-electron chi connectivity index (χ2n) is 8.60. The van der Waals surface area contributed by atoms with E-state index in [0.29, 0.717) is 15.8 Å². The molecule has 0 saturated carbocycles. The average Bonchev–Trinajstić information content (AvgIpc) is 2.69. The second kappa shape index (κ2) is 9.13. The molecule has 2 atom stereocenters. The summed E-state index contributed by atoms with van der Waals surface area (Å²) < 4.78 is 61.0. The zero-order valence-electron chi connectivity index (χ0n) is 19.3. The van der Waals surface area contributed by atoms with Gasteiger partial charge in [0.1, 0.15) is 28.9 Å². The highest BCUT2D eigenvalue weighted by atomic mass is 32.3. The van der Waals surface area contributed by atoms with Crippen LogP contribution in [0.3, 0.4) is 0 Å². The first-order chi connectivity index (χ1) is 15.3. The Morgan fingerprint density at radius 3 is 2.24 bits per heavy atom. The third-order valence-electron chi connectivity index (χ3n) is 5.47. The average molecular weight is 499 g/mol. The Morgan fingerprint density at radius 1 is 1.09 bits per heavy atom. The first kappa shape index (κ1) is 25.3. The van der Waals surface area contributed by atoms with E-state index < -0.39 is 37.8 Å². The highest BCUT2D eigenvalue weighted by Gasteiger charge is 2.44. The monoisotopic (exact) mass is 498 g/mol. The zero-order chi connectivity index (χ0) is 24.6. The van der Waals surface area contributed by atoms with Gasteiger partial charge in [-0.25, -0.2) is 16.8 Å². The fourth-order valence-electron chi connectivity index (χ4n) is 3.96. The zero-order valence-corrected chi connectivity index (χ0v) is 20.9. The largest absolute Gasteiger partial charge is 0.494 e. The molecule has 182 valence electrons. The van der Waals surface area contributed by atoms with Gasteiger partial charge < -0.3 is 19.9 Å². The molecule has 0 bridgehead atoms. The number of sulfonamides is 2. The summed E-state index contributed by atoms with van der Waals surface area (Å²) >= 11 is 0. The fourth-order valence-corrected chi connectivity index (χ4v) is 6.93. The molecule has 0 amide bonds. The molecule has 0 spiro atoms. The van der Waals surface area contributed by atoms with Crippen molar-refractivity contribution in [2.45, 2.75) is 38.0 Å². The molecule has 2 aromatic carbocycles. The number of ether oxygens (including phenoxy) is 2. The van der Waals surface area contributed by atoms with Crippen molar-refractivity contribution in [1.82, 2.24) is 5.32 Å². The van der Waals surface area contributed by atoms with Crippen LogP contribution < -0.4 is 18.5 Å². The van der Waals surface area contributed by atoms with Gasteiger partial charge in [-0.05, 0) is 38.4 Å². The molecule has 1 heterocycles. The van der Waals surface area contributed by atoms with Crippen molar-refractivity contribution in [3.63, 3.8) is 0 Å². The third-order valence-corrected chi connectivity index (χ3v) is 8.69. The minimum Gasteiger partial charge on any atom is -0.494 e. The predicted molar refractivity (Wildman–Crippen MR) is 127 cm³/mol. The summed E-state index contributed by atoms with van der Waals surface area (Å²) in [5, 5.41) is 14.4. The number of fused-ring (bicyclic) bond motifs is 1. The van der Waals surface area contributed by atoms with Gasteiger partial charge in [0.05, 0.1) is 25.7 Å². The van der Waals surface area contributed by atoms with Crippen LogP contribution in [0.5, 0.6) is 11.5 Å². The minimum absolute atomic E-state index is 0.0231. The van der Waals surface area contributed by atoms with Gasteiger partial charge in [0, 0.05) is 11.6 Å². The van der Waals surface area contributed by atoms with Gasteiger partial charge in [0.15, 0.2) is 0 Å². The van der Waals surface area contributed by atoms with E-state index in [0.717, 1.165) is 24.5 Å². The van der Waals surface area contributed by atoms with Crippen LogP contribution in [-0.2, 0) is 26.5 Å². The lowest BCUT2D eigenvalue weighted by Crippen LogP contribution is -2.52. The molecule has 11 heteroatoms. The van der Waals surface area contributed by atoms with Crippen LogP contribution in [0.25, 0.3) is 0 Å². The van der Waals surface area contributed by atoms with Crippen molar-refractivity contribution < 1.29 is 31.4 Å². The van der Waals surface area contributed by atoms with Crippen LogP contribution in [0, 0.1) is 0 Å². The van der Waals surface area contributed by atoms with Gasteiger partial charge in [-0.2, -0.15) is 3.71 Å². The van der Waals surface area contributed by atoms with E-state index in [1.165, 1.54) is 19.2 Å². The molecule has 0 saturated heterocycles. The molecule has 33 heavy (non-hydrogen) atoms. The van der Waals surface area contributed by atoms with E-state index in [-0.39, 0.29) is 17.2 Å². The first-order valence-corrected chi connectivity index (χ1v) is 14.0. The molecule has 0 aliphatic carbocycles. The Morgan fingerprint density at radius 2 is 1.70 bits per heavy atom. The number of hydrogen-bond donors (Lipinski definition) is 2. The van der Waals surface area contributed by atoms with Crippen molar-refractivity contribution in [3.8, 4) is 11.5 Å². The highest BCUT2D eigenvalue weighted by Crippen LogP contribution is 2.46. The smallest absolute Gasteiger partial charge is 0.245 e. The molecule has 0 fully saturated rings. The number of nitrogens with zero attached hydrogens (tertiary/aromatic N) is 1. The summed E-state index contributed by atoms with van der Waals surface area (Å²) in [6.45, 7) is 3.98. The van der Waals surface area contributed by atoms with Crippen molar-refractivity contribution in [1.29, 1.82) is 0 Å². The van der Waals surface area contributed by atoms with Gasteiger partial charge >= 0.3 is 0 Å². The van der Waals surface area contributed by atoms with E-state index in [9.17, 15) is 21.9 Å². The van der Waals surface area contributed by atoms with Crippen LogP contribution in [0.4, 0.5) is 5.69 Å². The van der Waals surface area contributed by atoms with Crippen molar-refractivity contribution >= 4 is 25.7 Å². The van der Waals surface area contributed by atoms with E-state index >= 15 is 0 Å². The lowest BCUT2D eigenvalue weighted by atomic mass is 9.86. The molecular weight excluding hydrogens is 468 g/mol. The van der Waals surface area contributed by atoms with E-state index in [1.54, 1.807) is 13.8 Å². The van der Waals surface area contributed by atoms with Crippen LogP contribution in [-0.4, -0.2) is 59.8 Å². The molecular formula is C22H30N2O7S2. The van der Waals surface area contributed by atoms with Gasteiger partial charge in [0.25, 0.3) is 0 Å². The minimum atomic E-state index is -4.19. The Bertz CT molecular complexity index is 1180. The first-order valence-electron chi connectivity index (χ1n) is 10.3. The lowest BCUT2D eigenvalue weighted by molar-refractivity contribution is -0.0644. The van der Waals surface area contributed by atoms with Crippen molar-refractivity contribution in [3.05, 3.63) is 53.6 Å². The Hall–Kier alpha value is -2.34. The van der Waals surface area contributed by atoms with Crippen molar-refractivity contribution in [2.75, 3.05) is 29.9 Å². The Kier molecular flexibility index (Phi) is 6.99. The maximum atomic E-state index is 12.3. The summed E-state index contributed by atoms with van der Waals surface area (Å²) in [4.78, 5) is 0. The molecule has 0 aromatic heterocycles. The topological polar surface area (TPSA) is 122 Å². The molecule has 3 rings (SSSR count). The predicted octanol–water partition coefficient (Wildman–Crippen LogP) is 1.83. The lowest BCUT2D eigenvalue weighted by Gasteiger charge is -2.43. The molecule has 9 nitrogen and oxygen atoms in total. The van der Waals surface area contributed by atoms with Crippen molar-refractivity contribution in [2.24, 2.45) is 0 Å². The summed E-state index contributed by atoms with van der Waals surface area (Å²) in [5.41, 5.74) is 0.467. The summed E-state index contributed by atoms with van der Waals surface area (Å²) in [6, 6.07) is 12.2. The number of aliphatic hydroxyl groups is 1. The van der Waals surface area contributed by atoms with Gasteiger partial charge in [-0.15, -0.1) is 0 Å². The van der Waals surface area contributed by atoms with Gasteiger partial charge in [0.2, 0.25) is 20.0 Å². The summed E-state index contributed by atoms with van der Waals surface area (Å²) in [7, 11) is -7.06. The number of benzene rings is 2. The van der Waals surface area contributed by atoms with Gasteiger partial charge in [-0.3, -0.25) is 0 Å². The molecule has 2 N–H and O–H groups in total. The number of hydrogen-bond acceptors (Lipinski definition) is 8. The summed E-state index contributed by atoms with van der Waals surface area (Å²) in [6.07, 6.45) is 1.40. The van der Waals surface area contributed by atoms with E-state index in [1.807, 2.05) is 30.3 Å². The van der Waals surface area contributed by atoms with Crippen LogP contribution in [0.15, 0.2) is 42.5 Å². The highest BCUT2D eigenvalue weighted by molar-refractivity contribution is 8.09. The number of anilines is 1. The number of rotatable bonds is 8. The van der Waals surface area contributed by atoms with Crippen LogP contribution in [0.1, 0.15) is 31.0 Å². The molecule has 0 radical (unpaired) electrons. The third kappa shape index (κ3) is 5.43. The van der Waals surface area contributed by atoms with E-state index in [4.69, 9.17) is 9.47 Å². The molecule has 1 aliphatic heterocycles. The molecule has 2 aromatic rings. The molecule has 1 aliphatic rings. The van der Waals surface area contributed by atoms with Crippen LogP contribution in [0.2, 0.25) is 0 Å². The second-order valence-corrected chi connectivity index (χ2v) is 12.5. The summed E-state index contributed by atoms with van der Waals surface area (Å²) in [5.74, 6) is 0.283. The van der Waals surface area contributed by atoms with Gasteiger partial charge in [-0.1, -0.05) is 30.3 Å². The normalized spacial score (nSPS) is 19.9. The fraction of sp³-hybridized carbons (Fsp3) is 0.455. The Labute approximate surface area is 195 Å². The number of nitrogens with one attached hydrogen (secondary N) is 1. The Balaban J connectivity index is 2.05. The number of methoxy groups -OCH3 is 1. The SMILES string of the molecule is COc1cc2c(cc1N(S(C)(=O)=O)S(C)(=O)=O)OC(C)(C)[C@H](O)[C@H]2NCCc1ccccc1. The van der Waals surface area contributed by atoms with Crippen LogP contribution >= 0.6 is 0 Å². The quantitative estimate of drug-likeness (QED) is 0.565. The maximum absolute atomic E-state index is 12.3.